The van der Waals surface area contributed by atoms with Crippen molar-refractivity contribution in [2.45, 2.75) is 18.2 Å². The lowest BCUT2D eigenvalue weighted by atomic mass is 10.3. The van der Waals surface area contributed by atoms with E-state index in [1.165, 1.54) is 18.2 Å². The largest absolute Gasteiger partial charge is 0.422 e. The van der Waals surface area contributed by atoms with E-state index in [-0.39, 0.29) is 28.5 Å². The highest BCUT2D eigenvalue weighted by Gasteiger charge is 2.21. The topological polar surface area (TPSA) is 113 Å². The summed E-state index contributed by atoms with van der Waals surface area (Å²) >= 11 is 0. The van der Waals surface area contributed by atoms with Crippen LogP contribution in [0.3, 0.4) is 0 Å². The van der Waals surface area contributed by atoms with Crippen LogP contribution < -0.4 is 8.92 Å². The minimum Gasteiger partial charge on any atom is -0.422 e. The second kappa shape index (κ2) is 7.09. The van der Waals surface area contributed by atoms with E-state index in [2.05, 4.69) is 0 Å². The summed E-state index contributed by atoms with van der Waals surface area (Å²) in [5, 5.41) is 10.6. The third-order valence-electron chi connectivity index (χ3n) is 2.90. The van der Waals surface area contributed by atoms with Gasteiger partial charge >= 0.3 is 16.1 Å². The van der Waals surface area contributed by atoms with Crippen molar-refractivity contribution in [1.82, 2.24) is 0 Å². The molecule has 0 heterocycles. The van der Waals surface area contributed by atoms with Crippen LogP contribution in [0.25, 0.3) is 0 Å². The van der Waals surface area contributed by atoms with Crippen molar-refractivity contribution >= 4 is 21.8 Å². The number of nitrogens with zero attached hydrogens (tertiary/aromatic N) is 1. The predicted octanol–water partition coefficient (Wildman–Crippen LogP) is 2.68. The molecule has 0 atom stereocenters. The number of nitro benzene ring substituents is 1. The normalized spacial score (nSPS) is 10.9. The van der Waals surface area contributed by atoms with Crippen LogP contribution in [0.15, 0.2) is 53.4 Å². The maximum atomic E-state index is 12.3. The monoisotopic (exact) mass is 351 g/mol. The molecule has 0 aromatic heterocycles. The molecule has 0 radical (unpaired) electrons. The molecule has 0 aliphatic rings. The second-order valence-electron chi connectivity index (χ2n) is 4.56. The quantitative estimate of drug-likeness (QED) is 0.258. The molecule has 126 valence electrons. The molecule has 9 heteroatoms. The summed E-state index contributed by atoms with van der Waals surface area (Å²) in [6.07, 6.45) is 0.115. The van der Waals surface area contributed by atoms with Crippen molar-refractivity contribution in [2.24, 2.45) is 0 Å². The standard InChI is InChI=1S/C15H13NO7S/c1-2-15(17)22-13-5-3-4-6-14(13)23-24(20,21)12-9-7-11(8-10-12)16(18)19/h3-10H,2H2,1H3. The molecule has 0 aliphatic carbocycles. The Morgan fingerprint density at radius 2 is 1.67 bits per heavy atom. The summed E-state index contributed by atoms with van der Waals surface area (Å²) in [7, 11) is -4.23. The van der Waals surface area contributed by atoms with E-state index >= 15 is 0 Å². The lowest BCUT2D eigenvalue weighted by Crippen LogP contribution is -2.12. The number of benzene rings is 2. The zero-order valence-corrected chi connectivity index (χ0v) is 13.4. The van der Waals surface area contributed by atoms with Crippen LogP contribution >= 0.6 is 0 Å². The van der Waals surface area contributed by atoms with Crippen LogP contribution in [-0.4, -0.2) is 19.3 Å². The number of non-ortho nitro benzene ring substituents is 1. The summed E-state index contributed by atoms with van der Waals surface area (Å²) in [5.41, 5.74) is -0.244. The van der Waals surface area contributed by atoms with Crippen molar-refractivity contribution in [3.63, 3.8) is 0 Å². The van der Waals surface area contributed by atoms with E-state index in [1.54, 1.807) is 13.0 Å². The van der Waals surface area contributed by atoms with E-state index in [1.807, 2.05) is 0 Å². The van der Waals surface area contributed by atoms with Gasteiger partial charge < -0.3 is 8.92 Å². The molecule has 0 N–H and O–H groups in total. The van der Waals surface area contributed by atoms with Gasteiger partial charge in [-0.05, 0) is 24.3 Å². The Kier molecular flexibility index (Phi) is 5.14. The van der Waals surface area contributed by atoms with Crippen LogP contribution in [0.2, 0.25) is 0 Å². The van der Waals surface area contributed by atoms with Crippen LogP contribution in [0, 0.1) is 10.1 Å². The first-order chi connectivity index (χ1) is 11.3. The SMILES string of the molecule is CCC(=O)Oc1ccccc1OS(=O)(=O)c1ccc([N+](=O)[O-])cc1. The number of esters is 1. The fraction of sp³-hybridized carbons (Fsp3) is 0.133. The summed E-state index contributed by atoms with van der Waals surface area (Å²) < 4.78 is 34.5. The molecule has 2 aromatic carbocycles. The molecular weight excluding hydrogens is 338 g/mol. The zero-order chi connectivity index (χ0) is 17.7. The molecule has 2 rings (SSSR count). The molecular formula is C15H13NO7S. The molecule has 0 spiro atoms. The number of hydrogen-bond acceptors (Lipinski definition) is 7. The fourth-order valence-corrected chi connectivity index (χ4v) is 2.64. The van der Waals surface area contributed by atoms with Gasteiger partial charge in [-0.3, -0.25) is 14.9 Å². The highest BCUT2D eigenvalue weighted by atomic mass is 32.2. The zero-order valence-electron chi connectivity index (χ0n) is 12.5. The number of hydrogen-bond donors (Lipinski definition) is 0. The van der Waals surface area contributed by atoms with Gasteiger partial charge in [-0.25, -0.2) is 0 Å². The first-order valence-electron chi connectivity index (χ1n) is 6.82. The Hall–Kier alpha value is -2.94. The number of para-hydroxylation sites is 2. The summed E-state index contributed by atoms with van der Waals surface area (Å²) in [6.45, 7) is 1.60. The van der Waals surface area contributed by atoms with Crippen molar-refractivity contribution in [1.29, 1.82) is 0 Å². The Morgan fingerprint density at radius 3 is 2.21 bits per heavy atom. The van der Waals surface area contributed by atoms with Crippen molar-refractivity contribution < 1.29 is 27.1 Å². The van der Waals surface area contributed by atoms with Gasteiger partial charge in [0.25, 0.3) is 5.69 Å². The molecule has 2 aromatic rings. The molecule has 0 saturated carbocycles. The van der Waals surface area contributed by atoms with E-state index in [9.17, 15) is 23.3 Å². The molecule has 0 saturated heterocycles. The van der Waals surface area contributed by atoms with E-state index in [4.69, 9.17) is 8.92 Å². The first kappa shape index (κ1) is 17.4. The van der Waals surface area contributed by atoms with Crippen LogP contribution in [0.1, 0.15) is 13.3 Å². The number of nitro groups is 1. The lowest BCUT2D eigenvalue weighted by molar-refractivity contribution is -0.384. The Balaban J connectivity index is 2.29. The molecule has 0 amide bonds. The van der Waals surface area contributed by atoms with Gasteiger partial charge in [-0.2, -0.15) is 8.42 Å². The van der Waals surface area contributed by atoms with Crippen LogP contribution in [-0.2, 0) is 14.9 Å². The maximum absolute atomic E-state index is 12.3. The molecule has 24 heavy (non-hydrogen) atoms. The molecule has 0 fully saturated rings. The smallest absolute Gasteiger partial charge is 0.339 e. The molecule has 8 nitrogen and oxygen atoms in total. The van der Waals surface area contributed by atoms with Gasteiger partial charge in [0.05, 0.1) is 4.92 Å². The number of rotatable bonds is 6. The molecule has 0 aliphatic heterocycles. The number of ether oxygens (including phenoxy) is 1. The molecule has 0 unspecified atom stereocenters. The Labute approximate surface area is 137 Å². The van der Waals surface area contributed by atoms with Gasteiger partial charge in [-0.1, -0.05) is 19.1 Å². The van der Waals surface area contributed by atoms with Gasteiger partial charge in [0.2, 0.25) is 0 Å². The minimum atomic E-state index is -4.23. The third-order valence-corrected chi connectivity index (χ3v) is 4.15. The van der Waals surface area contributed by atoms with Gasteiger partial charge in [0.1, 0.15) is 4.90 Å². The minimum absolute atomic E-state index is 0.0326. The predicted molar refractivity (Wildman–Crippen MR) is 83.3 cm³/mol. The second-order valence-corrected chi connectivity index (χ2v) is 6.11. The van der Waals surface area contributed by atoms with E-state index in [0.717, 1.165) is 24.3 Å². The van der Waals surface area contributed by atoms with Crippen molar-refractivity contribution in [2.75, 3.05) is 0 Å². The average Bonchev–Trinajstić information content (AvgIpc) is 2.56. The Bertz CT molecular complexity index is 860. The summed E-state index contributed by atoms with van der Waals surface area (Å²) in [6, 6.07) is 10.0. The summed E-state index contributed by atoms with van der Waals surface area (Å²) in [4.78, 5) is 21.1. The first-order valence-corrected chi connectivity index (χ1v) is 8.23. The van der Waals surface area contributed by atoms with Crippen LogP contribution in [0.5, 0.6) is 11.5 Å². The molecule has 0 bridgehead atoms. The van der Waals surface area contributed by atoms with Crippen molar-refractivity contribution in [3.05, 3.63) is 58.6 Å². The lowest BCUT2D eigenvalue weighted by Gasteiger charge is -2.11. The van der Waals surface area contributed by atoms with Crippen LogP contribution in [0.4, 0.5) is 5.69 Å². The number of carbonyl (C=O) groups is 1. The maximum Gasteiger partial charge on any atom is 0.339 e. The Morgan fingerprint density at radius 1 is 1.08 bits per heavy atom. The van der Waals surface area contributed by atoms with E-state index < -0.39 is 21.0 Å². The average molecular weight is 351 g/mol. The van der Waals surface area contributed by atoms with E-state index in [0.29, 0.717) is 0 Å². The number of carbonyl (C=O) groups excluding carboxylic acids is 1. The fourth-order valence-electron chi connectivity index (χ4n) is 1.70. The highest BCUT2D eigenvalue weighted by molar-refractivity contribution is 7.87. The highest BCUT2D eigenvalue weighted by Crippen LogP contribution is 2.30. The van der Waals surface area contributed by atoms with Gasteiger partial charge in [0.15, 0.2) is 11.5 Å². The van der Waals surface area contributed by atoms with Gasteiger partial charge in [-0.15, -0.1) is 0 Å². The van der Waals surface area contributed by atoms with Gasteiger partial charge in [0, 0.05) is 18.6 Å². The van der Waals surface area contributed by atoms with Crippen molar-refractivity contribution in [3.8, 4) is 11.5 Å². The summed E-state index contributed by atoms with van der Waals surface area (Å²) in [5.74, 6) is -0.730. The third kappa shape index (κ3) is 4.07.